The molecule has 0 aromatic rings. The van der Waals surface area contributed by atoms with Gasteiger partial charge in [0, 0.05) is 49.1 Å². The molecule has 3 fully saturated rings. The van der Waals surface area contributed by atoms with Crippen LogP contribution in [0, 0.1) is 5.92 Å². The normalized spacial score (nSPS) is 31.9. The lowest BCUT2D eigenvalue weighted by Gasteiger charge is -2.48. The van der Waals surface area contributed by atoms with Gasteiger partial charge in [0.1, 0.15) is 0 Å². The molecule has 0 aromatic carbocycles. The average molecular weight is 340 g/mol. The van der Waals surface area contributed by atoms with Crippen LogP contribution in [-0.2, 0) is 4.79 Å². The standard InChI is InChI=1S/C18H33N3OS/c19-16-6-4-5-15(16)13-17(22)20-14-18(7-2-1-3-8-18)21-9-11-23-12-10-21/h15-16H,1-14,19H2,(H,20,22)/t15-,16+/m0/s1. The fraction of sp³-hybridized carbons (Fsp3) is 0.944. The first-order valence-corrected chi connectivity index (χ1v) is 10.7. The smallest absolute Gasteiger partial charge is 0.220 e. The van der Waals surface area contributed by atoms with Crippen molar-refractivity contribution in [3.63, 3.8) is 0 Å². The van der Waals surface area contributed by atoms with Crippen LogP contribution in [0.5, 0.6) is 0 Å². The van der Waals surface area contributed by atoms with E-state index in [1.807, 2.05) is 0 Å². The van der Waals surface area contributed by atoms with Crippen LogP contribution < -0.4 is 11.1 Å². The quantitative estimate of drug-likeness (QED) is 0.807. The summed E-state index contributed by atoms with van der Waals surface area (Å²) in [5.74, 6) is 3.12. The molecule has 3 aliphatic rings. The first-order valence-electron chi connectivity index (χ1n) is 9.55. The average Bonchev–Trinajstić information content (AvgIpc) is 2.99. The van der Waals surface area contributed by atoms with Crippen LogP contribution >= 0.6 is 11.8 Å². The third-order valence-corrected chi connectivity index (χ3v) is 7.19. The van der Waals surface area contributed by atoms with E-state index in [0.29, 0.717) is 12.3 Å². The number of thioether (sulfide) groups is 1. The zero-order valence-corrected chi connectivity index (χ0v) is 15.2. The topological polar surface area (TPSA) is 58.4 Å². The maximum atomic E-state index is 12.4. The maximum absolute atomic E-state index is 12.4. The maximum Gasteiger partial charge on any atom is 0.220 e. The molecule has 5 heteroatoms. The zero-order chi connectivity index (χ0) is 16.1. The molecule has 23 heavy (non-hydrogen) atoms. The number of hydrogen-bond donors (Lipinski definition) is 2. The van der Waals surface area contributed by atoms with Crippen LogP contribution in [0.4, 0.5) is 0 Å². The molecule has 3 rings (SSSR count). The summed E-state index contributed by atoms with van der Waals surface area (Å²) in [4.78, 5) is 15.1. The summed E-state index contributed by atoms with van der Waals surface area (Å²) in [6.45, 7) is 3.22. The van der Waals surface area contributed by atoms with Crippen LogP contribution in [-0.4, -0.2) is 53.5 Å². The van der Waals surface area contributed by atoms with Gasteiger partial charge in [-0.2, -0.15) is 11.8 Å². The summed E-state index contributed by atoms with van der Waals surface area (Å²) in [7, 11) is 0. The van der Waals surface area contributed by atoms with Gasteiger partial charge in [-0.15, -0.1) is 0 Å². The summed E-state index contributed by atoms with van der Waals surface area (Å²) in [5, 5.41) is 3.29. The van der Waals surface area contributed by atoms with Crippen molar-refractivity contribution in [2.75, 3.05) is 31.1 Å². The lowest BCUT2D eigenvalue weighted by Crippen LogP contribution is -2.59. The zero-order valence-electron chi connectivity index (χ0n) is 14.4. The van der Waals surface area contributed by atoms with E-state index in [4.69, 9.17) is 5.73 Å². The van der Waals surface area contributed by atoms with Crippen molar-refractivity contribution in [3.8, 4) is 0 Å². The molecule has 1 amide bonds. The summed E-state index contributed by atoms with van der Waals surface area (Å²) in [5.41, 5.74) is 6.35. The number of hydrogen-bond acceptors (Lipinski definition) is 4. The minimum Gasteiger partial charge on any atom is -0.354 e. The molecule has 1 saturated heterocycles. The van der Waals surface area contributed by atoms with Crippen LogP contribution in [0.1, 0.15) is 57.8 Å². The van der Waals surface area contributed by atoms with Gasteiger partial charge in [-0.25, -0.2) is 0 Å². The second-order valence-electron chi connectivity index (χ2n) is 7.72. The van der Waals surface area contributed by atoms with Crippen molar-refractivity contribution >= 4 is 17.7 Å². The Balaban J connectivity index is 1.54. The molecule has 2 aliphatic carbocycles. The predicted molar refractivity (Wildman–Crippen MR) is 97.7 cm³/mol. The van der Waals surface area contributed by atoms with E-state index < -0.39 is 0 Å². The van der Waals surface area contributed by atoms with Gasteiger partial charge in [0.2, 0.25) is 5.91 Å². The Labute approximate surface area is 145 Å². The highest BCUT2D eigenvalue weighted by atomic mass is 32.2. The predicted octanol–water partition coefficient (Wildman–Crippen LogP) is 2.37. The van der Waals surface area contributed by atoms with Crippen molar-refractivity contribution in [2.45, 2.75) is 69.4 Å². The van der Waals surface area contributed by atoms with E-state index in [1.165, 1.54) is 63.1 Å². The highest BCUT2D eigenvalue weighted by Crippen LogP contribution is 2.35. The van der Waals surface area contributed by atoms with Gasteiger partial charge in [0.25, 0.3) is 0 Å². The summed E-state index contributed by atoms with van der Waals surface area (Å²) in [6, 6.07) is 0.239. The number of rotatable bonds is 5. The molecular weight excluding hydrogens is 306 g/mol. The molecule has 4 nitrogen and oxygen atoms in total. The number of carbonyl (C=O) groups is 1. The van der Waals surface area contributed by atoms with Crippen molar-refractivity contribution in [3.05, 3.63) is 0 Å². The fourth-order valence-electron chi connectivity index (χ4n) is 4.74. The van der Waals surface area contributed by atoms with Crippen molar-refractivity contribution in [2.24, 2.45) is 11.7 Å². The number of amides is 1. The monoisotopic (exact) mass is 339 g/mol. The highest BCUT2D eigenvalue weighted by Gasteiger charge is 2.39. The molecule has 0 radical (unpaired) electrons. The molecule has 1 aliphatic heterocycles. The van der Waals surface area contributed by atoms with E-state index in [2.05, 4.69) is 22.0 Å². The molecular formula is C18H33N3OS. The van der Waals surface area contributed by atoms with Gasteiger partial charge in [-0.05, 0) is 31.6 Å². The fourth-order valence-corrected chi connectivity index (χ4v) is 5.65. The lowest BCUT2D eigenvalue weighted by molar-refractivity contribution is -0.123. The van der Waals surface area contributed by atoms with Crippen LogP contribution in [0.15, 0.2) is 0 Å². The first-order chi connectivity index (χ1) is 11.2. The lowest BCUT2D eigenvalue weighted by atomic mass is 9.80. The molecule has 0 spiro atoms. The second kappa shape index (κ2) is 8.21. The Hall–Kier alpha value is -0.260. The van der Waals surface area contributed by atoms with E-state index >= 15 is 0 Å². The van der Waals surface area contributed by atoms with Gasteiger partial charge in [0.05, 0.1) is 0 Å². The Kier molecular flexibility index (Phi) is 6.27. The molecule has 2 atom stereocenters. The van der Waals surface area contributed by atoms with Crippen LogP contribution in [0.2, 0.25) is 0 Å². The van der Waals surface area contributed by atoms with Crippen molar-refractivity contribution in [1.82, 2.24) is 10.2 Å². The molecule has 132 valence electrons. The Bertz CT molecular complexity index is 392. The van der Waals surface area contributed by atoms with Gasteiger partial charge in [-0.3, -0.25) is 9.69 Å². The summed E-state index contributed by atoms with van der Waals surface area (Å²) in [6.07, 6.45) is 10.5. The number of carbonyl (C=O) groups excluding carboxylic acids is 1. The summed E-state index contributed by atoms with van der Waals surface area (Å²) < 4.78 is 0. The van der Waals surface area contributed by atoms with Gasteiger partial charge in [-0.1, -0.05) is 25.7 Å². The number of nitrogens with two attached hydrogens (primary N) is 1. The van der Waals surface area contributed by atoms with E-state index in [1.54, 1.807) is 0 Å². The third-order valence-electron chi connectivity index (χ3n) is 6.25. The van der Waals surface area contributed by atoms with E-state index in [-0.39, 0.29) is 17.5 Å². The third kappa shape index (κ3) is 4.43. The SMILES string of the molecule is N[C@@H]1CCC[C@H]1CC(=O)NCC1(N2CCSCC2)CCCCC1. The molecule has 1 heterocycles. The van der Waals surface area contributed by atoms with E-state index in [0.717, 1.165) is 19.4 Å². The first kappa shape index (κ1) is 17.6. The highest BCUT2D eigenvalue weighted by molar-refractivity contribution is 7.99. The Morgan fingerprint density at radius 2 is 1.87 bits per heavy atom. The molecule has 0 unspecified atom stereocenters. The van der Waals surface area contributed by atoms with Crippen molar-refractivity contribution in [1.29, 1.82) is 0 Å². The second-order valence-corrected chi connectivity index (χ2v) is 8.94. The van der Waals surface area contributed by atoms with Gasteiger partial charge >= 0.3 is 0 Å². The van der Waals surface area contributed by atoms with Crippen LogP contribution in [0.25, 0.3) is 0 Å². The van der Waals surface area contributed by atoms with E-state index in [9.17, 15) is 4.79 Å². The largest absolute Gasteiger partial charge is 0.354 e. The molecule has 0 bridgehead atoms. The van der Waals surface area contributed by atoms with Crippen molar-refractivity contribution < 1.29 is 4.79 Å². The number of nitrogens with zero attached hydrogens (tertiary/aromatic N) is 1. The molecule has 3 N–H and O–H groups in total. The van der Waals surface area contributed by atoms with Gasteiger partial charge in [0.15, 0.2) is 0 Å². The Morgan fingerprint density at radius 3 is 2.52 bits per heavy atom. The van der Waals surface area contributed by atoms with Gasteiger partial charge < -0.3 is 11.1 Å². The minimum absolute atomic E-state index is 0.226. The Morgan fingerprint density at radius 1 is 1.13 bits per heavy atom. The summed E-state index contributed by atoms with van der Waals surface area (Å²) >= 11 is 2.06. The minimum atomic E-state index is 0.226. The number of nitrogens with one attached hydrogen (secondary N) is 1. The molecule has 0 aromatic heterocycles. The van der Waals surface area contributed by atoms with Crippen LogP contribution in [0.3, 0.4) is 0 Å². The molecule has 2 saturated carbocycles.